The molecule has 0 radical (unpaired) electrons. The molecule has 3 aliphatic rings. The van der Waals surface area contributed by atoms with Crippen molar-refractivity contribution < 1.29 is 32.9 Å². The average Bonchev–Trinajstić information content (AvgIpc) is 3.39. The molecule has 11 heteroatoms. The van der Waals surface area contributed by atoms with Gasteiger partial charge in [-0.25, -0.2) is 9.80 Å². The summed E-state index contributed by atoms with van der Waals surface area (Å²) in [6.07, 6.45) is 0.448. The van der Waals surface area contributed by atoms with Crippen LogP contribution in [0.2, 0.25) is 0 Å². The van der Waals surface area contributed by atoms with Gasteiger partial charge in [0.05, 0.1) is 12.0 Å². The van der Waals surface area contributed by atoms with Crippen molar-refractivity contribution >= 4 is 17.5 Å². The van der Waals surface area contributed by atoms with Crippen LogP contribution < -0.4 is 5.73 Å². The molecule has 1 aliphatic carbocycles. The number of nitrogens with two attached hydrogens (primary N) is 1. The molecule has 8 nitrogen and oxygen atoms in total. The number of cyclic esters (lactones) is 1. The monoisotopic (exact) mass is 548 g/mol. The van der Waals surface area contributed by atoms with Crippen molar-refractivity contribution in [1.82, 2.24) is 5.01 Å². The third-order valence-corrected chi connectivity index (χ3v) is 7.71. The molecule has 212 valence electrons. The number of carbonyl (C=O) groups is 1. The number of hydrogen-bond acceptors (Lipinski definition) is 7. The van der Waals surface area contributed by atoms with Gasteiger partial charge >= 0.3 is 12.1 Å². The lowest BCUT2D eigenvalue weighted by molar-refractivity contribution is -0.167. The summed E-state index contributed by atoms with van der Waals surface area (Å²) in [5.74, 6) is -1.02. The lowest BCUT2D eigenvalue weighted by atomic mass is 9.76. The number of aliphatic imine (C=N–C) groups is 1. The van der Waals surface area contributed by atoms with Crippen LogP contribution in [0.1, 0.15) is 69.9 Å². The van der Waals surface area contributed by atoms with E-state index in [0.29, 0.717) is 25.1 Å². The van der Waals surface area contributed by atoms with E-state index in [4.69, 9.17) is 10.5 Å². The highest BCUT2D eigenvalue weighted by molar-refractivity contribution is 5.98. The number of rotatable bonds is 8. The summed E-state index contributed by atoms with van der Waals surface area (Å²) in [5, 5.41) is 26.9. The van der Waals surface area contributed by atoms with E-state index in [1.165, 1.54) is 12.1 Å². The molecule has 2 aliphatic heterocycles. The van der Waals surface area contributed by atoms with E-state index in [0.717, 1.165) is 37.1 Å². The normalized spacial score (nSPS) is 23.2. The second-order valence-corrected chi connectivity index (χ2v) is 10.7. The molecule has 1 fully saturated rings. The molecule has 0 amide bonds. The van der Waals surface area contributed by atoms with Crippen LogP contribution in [0.5, 0.6) is 5.75 Å². The Labute approximate surface area is 225 Å². The van der Waals surface area contributed by atoms with E-state index in [1.807, 2.05) is 19.9 Å². The van der Waals surface area contributed by atoms with Crippen LogP contribution >= 0.6 is 0 Å². The Morgan fingerprint density at radius 3 is 2.62 bits per heavy atom. The number of nitrogens with zero attached hydrogens (tertiary/aromatic N) is 3. The fourth-order valence-electron chi connectivity index (χ4n) is 5.69. The van der Waals surface area contributed by atoms with Crippen molar-refractivity contribution in [2.24, 2.45) is 21.7 Å². The minimum Gasteiger partial charge on any atom is -0.512 e. The molecule has 1 aromatic carbocycles. The van der Waals surface area contributed by atoms with E-state index < -0.39 is 29.9 Å². The van der Waals surface area contributed by atoms with Gasteiger partial charge in [0.2, 0.25) is 0 Å². The minimum absolute atomic E-state index is 0.0187. The largest absolute Gasteiger partial charge is 0.512 e. The highest BCUT2D eigenvalue weighted by Gasteiger charge is 2.48. The number of benzene rings is 1. The number of aliphatic hydroxyl groups excluding tert-OH is 1. The van der Waals surface area contributed by atoms with Gasteiger partial charge in [-0.15, -0.1) is 0 Å². The Balaban J connectivity index is 1.52. The molecule has 1 saturated carbocycles. The van der Waals surface area contributed by atoms with Crippen molar-refractivity contribution in [3.05, 3.63) is 52.4 Å². The van der Waals surface area contributed by atoms with Gasteiger partial charge < -0.3 is 20.7 Å². The van der Waals surface area contributed by atoms with E-state index in [-0.39, 0.29) is 41.5 Å². The molecule has 1 unspecified atom stereocenters. The quantitative estimate of drug-likeness (QED) is 0.227. The fraction of sp³-hybridized carbons (Fsp3) is 0.536. The highest BCUT2D eigenvalue weighted by Crippen LogP contribution is 2.46. The zero-order valence-electron chi connectivity index (χ0n) is 22.2. The van der Waals surface area contributed by atoms with Crippen LogP contribution in [0.25, 0.3) is 0 Å². The molecule has 0 spiro atoms. The van der Waals surface area contributed by atoms with Gasteiger partial charge in [0.1, 0.15) is 29.6 Å². The number of amidine groups is 1. The predicted octanol–water partition coefficient (Wildman–Crippen LogP) is 5.42. The van der Waals surface area contributed by atoms with Gasteiger partial charge in [0.25, 0.3) is 0 Å². The third kappa shape index (κ3) is 6.93. The summed E-state index contributed by atoms with van der Waals surface area (Å²) in [5.41, 5.74) is 7.33. The SMILES string of the molecule is CC1=CC(C)=NCN1/N=C(\N)CC1=C(O)CC(CCc2ccc(O)c(CC(F)(F)F)c2)(C2CCCC2)OC1=O. The topological polar surface area (TPSA) is 121 Å². The highest BCUT2D eigenvalue weighted by atomic mass is 19.4. The zero-order valence-corrected chi connectivity index (χ0v) is 22.2. The first-order valence-corrected chi connectivity index (χ1v) is 13.2. The van der Waals surface area contributed by atoms with Crippen molar-refractivity contribution in [3.8, 4) is 5.75 Å². The molecule has 39 heavy (non-hydrogen) atoms. The van der Waals surface area contributed by atoms with Crippen LogP contribution in [-0.4, -0.2) is 51.2 Å². The number of hydrazone groups is 1. The number of esters is 1. The smallest absolute Gasteiger partial charge is 0.393 e. The Bertz CT molecular complexity index is 1230. The number of alkyl halides is 3. The maximum Gasteiger partial charge on any atom is 0.393 e. The summed E-state index contributed by atoms with van der Waals surface area (Å²) >= 11 is 0. The summed E-state index contributed by atoms with van der Waals surface area (Å²) in [6.45, 7) is 4.06. The van der Waals surface area contributed by atoms with Gasteiger partial charge in [-0.1, -0.05) is 25.0 Å². The minimum atomic E-state index is -4.45. The molecule has 4 rings (SSSR count). The van der Waals surface area contributed by atoms with Crippen LogP contribution in [0.3, 0.4) is 0 Å². The number of aromatic hydroxyl groups is 1. The van der Waals surface area contributed by atoms with Gasteiger partial charge in [-0.05, 0) is 63.2 Å². The molecule has 0 bridgehead atoms. The average molecular weight is 549 g/mol. The Morgan fingerprint density at radius 2 is 1.97 bits per heavy atom. The summed E-state index contributed by atoms with van der Waals surface area (Å²) in [7, 11) is 0. The Kier molecular flexibility index (Phi) is 8.27. The van der Waals surface area contributed by atoms with Crippen LogP contribution in [-0.2, 0) is 22.4 Å². The maximum absolute atomic E-state index is 13.2. The van der Waals surface area contributed by atoms with Crippen molar-refractivity contribution in [3.63, 3.8) is 0 Å². The third-order valence-electron chi connectivity index (χ3n) is 7.71. The van der Waals surface area contributed by atoms with E-state index >= 15 is 0 Å². The fourth-order valence-corrected chi connectivity index (χ4v) is 5.69. The number of allylic oxidation sites excluding steroid dienone is 2. The second kappa shape index (κ2) is 11.3. The predicted molar refractivity (Wildman–Crippen MR) is 141 cm³/mol. The van der Waals surface area contributed by atoms with Gasteiger partial charge in [-0.3, -0.25) is 4.99 Å². The van der Waals surface area contributed by atoms with Gasteiger partial charge in [0.15, 0.2) is 0 Å². The molecule has 2 heterocycles. The number of phenols is 1. The molecular weight excluding hydrogens is 513 g/mol. The summed E-state index contributed by atoms with van der Waals surface area (Å²) in [4.78, 5) is 17.5. The number of aliphatic hydroxyl groups is 1. The molecule has 0 saturated heterocycles. The number of hydrogen-bond donors (Lipinski definition) is 3. The number of carbonyl (C=O) groups excluding carboxylic acids is 1. The first kappa shape index (κ1) is 28.5. The first-order chi connectivity index (χ1) is 18.3. The molecule has 4 N–H and O–H groups in total. The number of ether oxygens (including phenoxy) is 1. The van der Waals surface area contributed by atoms with E-state index in [2.05, 4.69) is 10.1 Å². The first-order valence-electron chi connectivity index (χ1n) is 13.2. The summed E-state index contributed by atoms with van der Waals surface area (Å²) < 4.78 is 44.9. The lowest BCUT2D eigenvalue weighted by Crippen LogP contribution is -2.46. The number of phenolic OH excluding ortho intramolecular Hbond substituents is 1. The van der Waals surface area contributed by atoms with Crippen molar-refractivity contribution in [1.29, 1.82) is 0 Å². The van der Waals surface area contributed by atoms with Crippen molar-refractivity contribution in [2.45, 2.75) is 83.4 Å². The van der Waals surface area contributed by atoms with E-state index in [9.17, 15) is 28.2 Å². The number of aryl methyl sites for hydroxylation is 1. The van der Waals surface area contributed by atoms with Crippen LogP contribution in [0.15, 0.2) is 51.4 Å². The van der Waals surface area contributed by atoms with Crippen LogP contribution in [0.4, 0.5) is 13.2 Å². The molecule has 1 aromatic rings. The van der Waals surface area contributed by atoms with Gasteiger partial charge in [-0.2, -0.15) is 18.3 Å². The molecular formula is C28H35F3N4O4. The van der Waals surface area contributed by atoms with E-state index in [1.54, 1.807) is 11.1 Å². The molecule has 0 aromatic heterocycles. The van der Waals surface area contributed by atoms with Crippen molar-refractivity contribution in [2.75, 3.05) is 6.67 Å². The van der Waals surface area contributed by atoms with Gasteiger partial charge in [0, 0.05) is 29.8 Å². The Hall–Kier alpha value is -3.50. The standard InChI is InChI=1S/C28H35F3N4O4/c1-17-11-18(2)35(16-33-17)34-25(32)13-22-24(37)15-27(39-26(22)38,21-5-3-4-6-21)10-9-19-7-8-23(36)20(12-19)14-28(29,30)31/h7-8,11-12,21,36-37H,3-6,9-10,13-16H2,1-2H3,(H2,32,34). The molecule has 1 atom stereocenters. The summed E-state index contributed by atoms with van der Waals surface area (Å²) in [6, 6.07) is 4.18. The Morgan fingerprint density at radius 1 is 1.26 bits per heavy atom. The number of halogens is 3. The zero-order chi connectivity index (χ0) is 28.4. The maximum atomic E-state index is 13.2. The van der Waals surface area contributed by atoms with Crippen LogP contribution in [0, 0.1) is 5.92 Å². The second-order valence-electron chi connectivity index (χ2n) is 10.7. The lowest BCUT2D eigenvalue weighted by Gasteiger charge is -2.42.